The number of pyridine rings is 2. The van der Waals surface area contributed by atoms with E-state index >= 15 is 0 Å². The van der Waals surface area contributed by atoms with Crippen molar-refractivity contribution in [2.75, 3.05) is 13.1 Å². The standard InChI is InChI=1S/C24H24N6O2/c1-17-23(29-13-3-2-4-21(29)26-17)24(32)28-14-9-18(10-15-28)16-30-22(31)6-5-20(27-30)19-7-11-25-12-8-19/h2-8,11-13,18H,9-10,14-16H2,1H3. The number of nitrogens with zero attached hydrogens (tertiary/aromatic N) is 6. The van der Waals surface area contributed by atoms with Crippen molar-refractivity contribution >= 4 is 11.6 Å². The summed E-state index contributed by atoms with van der Waals surface area (Å²) in [4.78, 5) is 36.0. The molecule has 0 saturated carbocycles. The highest BCUT2D eigenvalue weighted by Gasteiger charge is 2.27. The number of fused-ring (bicyclic) bond motifs is 1. The molecule has 32 heavy (non-hydrogen) atoms. The van der Waals surface area contributed by atoms with E-state index < -0.39 is 0 Å². The Kier molecular flexibility index (Phi) is 5.26. The van der Waals surface area contributed by atoms with Crippen LogP contribution in [0.25, 0.3) is 16.9 Å². The fraction of sp³-hybridized carbons (Fsp3) is 0.292. The first kappa shape index (κ1) is 20.1. The van der Waals surface area contributed by atoms with Crippen molar-refractivity contribution < 1.29 is 4.79 Å². The van der Waals surface area contributed by atoms with Crippen LogP contribution in [0.15, 0.2) is 65.8 Å². The fourth-order valence-corrected chi connectivity index (χ4v) is 4.34. The van der Waals surface area contributed by atoms with Crippen molar-refractivity contribution in [1.82, 2.24) is 29.0 Å². The molecule has 8 heteroatoms. The smallest absolute Gasteiger partial charge is 0.272 e. The van der Waals surface area contributed by atoms with Gasteiger partial charge in [-0.25, -0.2) is 9.67 Å². The van der Waals surface area contributed by atoms with Gasteiger partial charge in [-0.3, -0.25) is 19.0 Å². The predicted molar refractivity (Wildman–Crippen MR) is 120 cm³/mol. The highest BCUT2D eigenvalue weighted by molar-refractivity contribution is 5.94. The minimum atomic E-state index is -0.109. The number of aromatic nitrogens is 5. The SMILES string of the molecule is Cc1nc2ccccn2c1C(=O)N1CCC(Cn2nc(-c3ccncc3)ccc2=O)CC1. The normalized spacial score (nSPS) is 14.7. The molecule has 0 bridgehead atoms. The van der Waals surface area contributed by atoms with E-state index in [0.717, 1.165) is 35.4 Å². The lowest BCUT2D eigenvalue weighted by Gasteiger charge is -2.32. The quantitative estimate of drug-likeness (QED) is 0.499. The summed E-state index contributed by atoms with van der Waals surface area (Å²) in [6.07, 6.45) is 6.96. The van der Waals surface area contributed by atoms with E-state index in [1.54, 1.807) is 29.2 Å². The molecule has 0 N–H and O–H groups in total. The van der Waals surface area contributed by atoms with E-state index in [4.69, 9.17) is 0 Å². The minimum absolute atomic E-state index is 0.00891. The summed E-state index contributed by atoms with van der Waals surface area (Å²) in [5.74, 6) is 0.301. The molecule has 4 aromatic rings. The van der Waals surface area contributed by atoms with Crippen molar-refractivity contribution in [3.05, 3.63) is 82.8 Å². The van der Waals surface area contributed by atoms with Crippen LogP contribution >= 0.6 is 0 Å². The average molecular weight is 428 g/mol. The number of carbonyl (C=O) groups is 1. The zero-order valence-corrected chi connectivity index (χ0v) is 17.9. The molecular weight excluding hydrogens is 404 g/mol. The van der Waals surface area contributed by atoms with E-state index in [-0.39, 0.29) is 11.5 Å². The van der Waals surface area contributed by atoms with Crippen LogP contribution in [0.4, 0.5) is 0 Å². The molecule has 1 aliphatic rings. The molecule has 4 aromatic heterocycles. The van der Waals surface area contributed by atoms with E-state index in [2.05, 4.69) is 15.1 Å². The number of imidazole rings is 1. The highest BCUT2D eigenvalue weighted by atomic mass is 16.2. The first-order valence-corrected chi connectivity index (χ1v) is 10.8. The fourth-order valence-electron chi connectivity index (χ4n) is 4.34. The molecule has 1 amide bonds. The number of hydrogen-bond donors (Lipinski definition) is 0. The van der Waals surface area contributed by atoms with Gasteiger partial charge in [0.1, 0.15) is 11.3 Å². The van der Waals surface area contributed by atoms with E-state index in [1.807, 2.05) is 52.8 Å². The topological polar surface area (TPSA) is 85.4 Å². The summed E-state index contributed by atoms with van der Waals surface area (Å²) in [6.45, 7) is 3.74. The lowest BCUT2D eigenvalue weighted by Crippen LogP contribution is -2.41. The molecule has 8 nitrogen and oxygen atoms in total. The molecule has 0 spiro atoms. The Hall–Kier alpha value is -3.81. The van der Waals surface area contributed by atoms with Gasteiger partial charge in [0.2, 0.25) is 0 Å². The Morgan fingerprint density at radius 2 is 1.84 bits per heavy atom. The molecule has 5 heterocycles. The summed E-state index contributed by atoms with van der Waals surface area (Å²) in [6, 6.07) is 12.8. The van der Waals surface area contributed by atoms with Crippen LogP contribution in [-0.2, 0) is 6.54 Å². The second kappa shape index (κ2) is 8.37. The van der Waals surface area contributed by atoms with Gasteiger partial charge >= 0.3 is 0 Å². The van der Waals surface area contributed by atoms with Crippen molar-refractivity contribution in [2.45, 2.75) is 26.3 Å². The molecule has 0 atom stereocenters. The second-order valence-electron chi connectivity index (χ2n) is 8.19. The Morgan fingerprint density at radius 1 is 1.06 bits per heavy atom. The van der Waals surface area contributed by atoms with E-state index in [0.29, 0.717) is 31.2 Å². The summed E-state index contributed by atoms with van der Waals surface area (Å²) in [7, 11) is 0. The zero-order chi connectivity index (χ0) is 22.1. The van der Waals surface area contributed by atoms with Crippen LogP contribution in [0, 0.1) is 12.8 Å². The van der Waals surface area contributed by atoms with Crippen molar-refractivity contribution in [3.8, 4) is 11.3 Å². The number of rotatable bonds is 4. The van der Waals surface area contributed by atoms with Crippen LogP contribution < -0.4 is 5.56 Å². The zero-order valence-electron chi connectivity index (χ0n) is 17.9. The second-order valence-corrected chi connectivity index (χ2v) is 8.19. The van der Waals surface area contributed by atoms with Crippen molar-refractivity contribution in [3.63, 3.8) is 0 Å². The lowest BCUT2D eigenvalue weighted by atomic mass is 9.96. The Bertz CT molecular complexity index is 1320. The number of amides is 1. The number of hydrogen-bond acceptors (Lipinski definition) is 5. The maximum Gasteiger partial charge on any atom is 0.272 e. The molecule has 0 aliphatic carbocycles. The monoisotopic (exact) mass is 428 g/mol. The maximum absolute atomic E-state index is 13.2. The van der Waals surface area contributed by atoms with Crippen molar-refractivity contribution in [1.29, 1.82) is 0 Å². The third-order valence-electron chi connectivity index (χ3n) is 6.08. The molecular formula is C24H24N6O2. The van der Waals surface area contributed by atoms with Gasteiger partial charge < -0.3 is 4.90 Å². The molecule has 5 rings (SSSR count). The molecule has 1 fully saturated rings. The third-order valence-corrected chi connectivity index (χ3v) is 6.08. The van der Waals surface area contributed by atoms with Gasteiger partial charge in [-0.1, -0.05) is 6.07 Å². The molecule has 162 valence electrons. The minimum Gasteiger partial charge on any atom is -0.337 e. The molecule has 0 aromatic carbocycles. The predicted octanol–water partition coefficient (Wildman–Crippen LogP) is 2.81. The van der Waals surface area contributed by atoms with Gasteiger partial charge in [0, 0.05) is 49.9 Å². The highest BCUT2D eigenvalue weighted by Crippen LogP contribution is 2.22. The molecule has 1 saturated heterocycles. The Morgan fingerprint density at radius 3 is 2.62 bits per heavy atom. The van der Waals surface area contributed by atoms with E-state index in [1.165, 1.54) is 0 Å². The number of carbonyl (C=O) groups excluding carboxylic acids is 1. The molecule has 1 aliphatic heterocycles. The van der Waals surface area contributed by atoms with Crippen molar-refractivity contribution in [2.24, 2.45) is 5.92 Å². The first-order chi connectivity index (χ1) is 15.6. The first-order valence-electron chi connectivity index (χ1n) is 10.8. The summed E-state index contributed by atoms with van der Waals surface area (Å²) in [5, 5.41) is 4.56. The van der Waals surface area contributed by atoms with Gasteiger partial charge in [-0.05, 0) is 56.0 Å². The summed E-state index contributed by atoms with van der Waals surface area (Å²) >= 11 is 0. The Labute approximate surface area is 185 Å². The number of likely N-dealkylation sites (tertiary alicyclic amines) is 1. The van der Waals surface area contributed by atoms with Crippen LogP contribution in [0.2, 0.25) is 0 Å². The average Bonchev–Trinajstić information content (AvgIpc) is 3.16. The Balaban J connectivity index is 1.28. The van der Waals surface area contributed by atoms with Crippen LogP contribution in [-0.4, -0.2) is 48.0 Å². The van der Waals surface area contributed by atoms with Gasteiger partial charge in [0.05, 0.1) is 11.4 Å². The van der Waals surface area contributed by atoms with Crippen LogP contribution in [0.1, 0.15) is 29.0 Å². The summed E-state index contributed by atoms with van der Waals surface area (Å²) in [5.41, 5.74) is 3.72. The van der Waals surface area contributed by atoms with E-state index in [9.17, 15) is 9.59 Å². The largest absolute Gasteiger partial charge is 0.337 e. The van der Waals surface area contributed by atoms with Gasteiger partial charge in [-0.2, -0.15) is 5.10 Å². The molecule has 0 radical (unpaired) electrons. The summed E-state index contributed by atoms with van der Waals surface area (Å²) < 4.78 is 3.41. The maximum atomic E-state index is 13.2. The number of aryl methyl sites for hydroxylation is 1. The number of piperidine rings is 1. The van der Waals surface area contributed by atoms with Gasteiger partial charge in [0.25, 0.3) is 11.5 Å². The molecule has 0 unspecified atom stereocenters. The van der Waals surface area contributed by atoms with Gasteiger partial charge in [-0.15, -0.1) is 0 Å². The third kappa shape index (κ3) is 3.79. The lowest BCUT2D eigenvalue weighted by molar-refractivity contribution is 0.0672. The van der Waals surface area contributed by atoms with Crippen LogP contribution in [0.5, 0.6) is 0 Å². The van der Waals surface area contributed by atoms with Gasteiger partial charge in [0.15, 0.2) is 0 Å². The van der Waals surface area contributed by atoms with Crippen LogP contribution in [0.3, 0.4) is 0 Å².